The molecule has 1 saturated carbocycles. The number of carboxylic acid groups (broad SMARTS) is 1. The second kappa shape index (κ2) is 11.0. The van der Waals surface area contributed by atoms with Crippen molar-refractivity contribution >= 4 is 28.8 Å². The van der Waals surface area contributed by atoms with Crippen molar-refractivity contribution in [3.8, 4) is 0 Å². The van der Waals surface area contributed by atoms with E-state index in [1.54, 1.807) is 24.3 Å². The number of hydrogen-bond acceptors (Lipinski definition) is 4. The van der Waals surface area contributed by atoms with E-state index in [0.29, 0.717) is 17.2 Å². The lowest BCUT2D eigenvalue weighted by Crippen LogP contribution is -2.45. The Morgan fingerprint density at radius 1 is 0.900 bits per heavy atom. The van der Waals surface area contributed by atoms with Crippen LogP contribution in [0.5, 0.6) is 0 Å². The Bertz CT molecular complexity index is 848. The molecule has 1 amide bonds. The van der Waals surface area contributed by atoms with E-state index >= 15 is 0 Å². The summed E-state index contributed by atoms with van der Waals surface area (Å²) in [5, 5.41) is 9.23. The van der Waals surface area contributed by atoms with Crippen LogP contribution in [0.4, 0.5) is 0 Å². The second-order valence-corrected chi connectivity index (χ2v) is 8.65. The van der Waals surface area contributed by atoms with Gasteiger partial charge in [-0.15, -0.1) is 0 Å². The second-order valence-electron chi connectivity index (χ2n) is 7.58. The van der Waals surface area contributed by atoms with Crippen LogP contribution in [0, 0.1) is 0 Å². The first-order valence-corrected chi connectivity index (χ1v) is 11.3. The molecule has 3 rings (SSSR count). The summed E-state index contributed by atoms with van der Waals surface area (Å²) < 4.78 is 0. The molecule has 0 radical (unpaired) electrons. The van der Waals surface area contributed by atoms with E-state index < -0.39 is 5.97 Å². The van der Waals surface area contributed by atoms with E-state index in [2.05, 4.69) is 12.1 Å². The van der Waals surface area contributed by atoms with Crippen molar-refractivity contribution in [2.75, 3.05) is 12.3 Å². The number of benzene rings is 2. The minimum atomic E-state index is -0.999. The van der Waals surface area contributed by atoms with Crippen molar-refractivity contribution in [1.82, 2.24) is 4.90 Å². The number of aliphatic carboxylic acids is 1. The number of rotatable bonds is 8. The third-order valence-electron chi connectivity index (χ3n) is 5.59. The molecule has 1 aliphatic rings. The minimum absolute atomic E-state index is 0.0524. The monoisotopic (exact) mass is 425 g/mol. The fourth-order valence-electron chi connectivity index (χ4n) is 4.04. The van der Waals surface area contributed by atoms with Crippen LogP contribution in [0.3, 0.4) is 0 Å². The highest BCUT2D eigenvalue weighted by molar-refractivity contribution is 8.14. The van der Waals surface area contributed by atoms with Gasteiger partial charge in [-0.05, 0) is 37.2 Å². The van der Waals surface area contributed by atoms with Gasteiger partial charge in [-0.1, -0.05) is 72.4 Å². The number of nitrogens with zero attached hydrogens (tertiary/aromatic N) is 1. The van der Waals surface area contributed by atoms with Crippen molar-refractivity contribution in [1.29, 1.82) is 0 Å². The largest absolute Gasteiger partial charge is 0.480 e. The summed E-state index contributed by atoms with van der Waals surface area (Å²) in [4.78, 5) is 37.8. The van der Waals surface area contributed by atoms with Crippen LogP contribution in [0.25, 0.3) is 0 Å². The Hall–Kier alpha value is -2.60. The summed E-state index contributed by atoms with van der Waals surface area (Å²) in [7, 11) is 0. The van der Waals surface area contributed by atoms with Crippen LogP contribution in [-0.2, 0) is 9.59 Å². The lowest BCUT2D eigenvalue weighted by molar-refractivity contribution is -0.146. The van der Waals surface area contributed by atoms with Gasteiger partial charge in [-0.2, -0.15) is 0 Å². The topological polar surface area (TPSA) is 74.7 Å². The molecule has 2 aromatic carbocycles. The Balaban J connectivity index is 1.53. The van der Waals surface area contributed by atoms with E-state index in [1.807, 2.05) is 24.3 Å². The molecule has 0 bridgehead atoms. The summed E-state index contributed by atoms with van der Waals surface area (Å²) in [5.74, 6) is -0.374. The molecule has 6 heteroatoms. The summed E-state index contributed by atoms with van der Waals surface area (Å²) in [5.41, 5.74) is 1.92. The van der Waals surface area contributed by atoms with Gasteiger partial charge in [0.15, 0.2) is 0 Å². The molecule has 1 N–H and O–H groups in total. The number of hydrogen-bond donors (Lipinski definition) is 1. The minimum Gasteiger partial charge on any atom is -0.480 e. The molecule has 0 heterocycles. The fraction of sp³-hybridized carbons (Fsp3) is 0.375. The van der Waals surface area contributed by atoms with Gasteiger partial charge in [0.2, 0.25) is 11.0 Å². The first-order chi connectivity index (χ1) is 14.5. The van der Waals surface area contributed by atoms with Crippen molar-refractivity contribution < 1.29 is 19.5 Å². The van der Waals surface area contributed by atoms with Gasteiger partial charge in [0, 0.05) is 23.8 Å². The van der Waals surface area contributed by atoms with E-state index in [-0.39, 0.29) is 30.0 Å². The molecular formula is C24H27NO4S. The van der Waals surface area contributed by atoms with Crippen LogP contribution in [0.1, 0.15) is 53.9 Å². The van der Waals surface area contributed by atoms with Gasteiger partial charge >= 0.3 is 5.97 Å². The smallest absolute Gasteiger partial charge is 0.323 e. The number of carbonyl (C=O) groups excluding carboxylic acids is 2. The molecule has 0 saturated heterocycles. The van der Waals surface area contributed by atoms with E-state index in [0.717, 1.165) is 37.4 Å². The van der Waals surface area contributed by atoms with Gasteiger partial charge in [0.05, 0.1) is 0 Å². The highest BCUT2D eigenvalue weighted by Gasteiger charge is 2.30. The summed E-state index contributed by atoms with van der Waals surface area (Å²) in [6.45, 7) is -0.281. The van der Waals surface area contributed by atoms with Crippen molar-refractivity contribution in [2.24, 2.45) is 0 Å². The normalized spacial score (nSPS) is 18.5. The lowest BCUT2D eigenvalue weighted by atomic mass is 9.81. The third kappa shape index (κ3) is 6.20. The van der Waals surface area contributed by atoms with Crippen LogP contribution in [-0.4, -0.2) is 45.3 Å². The maximum Gasteiger partial charge on any atom is 0.323 e. The summed E-state index contributed by atoms with van der Waals surface area (Å²) in [6.07, 6.45) is 3.65. The number of amides is 1. The molecule has 30 heavy (non-hydrogen) atoms. The average Bonchev–Trinajstić information content (AvgIpc) is 2.78. The molecule has 0 aliphatic heterocycles. The van der Waals surface area contributed by atoms with Gasteiger partial charge in [0.25, 0.3) is 0 Å². The summed E-state index contributed by atoms with van der Waals surface area (Å²) >= 11 is 1.10. The van der Waals surface area contributed by atoms with Gasteiger partial charge < -0.3 is 10.0 Å². The Morgan fingerprint density at radius 3 is 2.10 bits per heavy atom. The highest BCUT2D eigenvalue weighted by Crippen LogP contribution is 2.35. The van der Waals surface area contributed by atoms with Gasteiger partial charge in [0.1, 0.15) is 6.54 Å². The molecule has 1 aliphatic carbocycles. The standard InChI is InChI=1S/C24H27NO4S/c26-22(15-16-30-24(29)20-9-5-2-6-10-20)25(17-23(27)28)21-13-11-19(12-14-21)18-7-3-1-4-8-18/h1-10,19,21H,11-17H2,(H,27,28)/t19-,21-. The Kier molecular flexibility index (Phi) is 8.08. The molecule has 2 aromatic rings. The quantitative estimate of drug-likeness (QED) is 0.670. The average molecular weight is 426 g/mol. The third-order valence-corrected chi connectivity index (χ3v) is 6.50. The van der Waals surface area contributed by atoms with Crippen molar-refractivity contribution in [2.45, 2.75) is 44.1 Å². The number of thioether (sulfide) groups is 1. The molecule has 5 nitrogen and oxygen atoms in total. The van der Waals surface area contributed by atoms with E-state index in [1.165, 1.54) is 10.5 Å². The molecule has 1 fully saturated rings. The summed E-state index contributed by atoms with van der Waals surface area (Å²) in [6, 6.07) is 19.2. The van der Waals surface area contributed by atoms with Crippen LogP contribution in [0.15, 0.2) is 60.7 Å². The van der Waals surface area contributed by atoms with Crippen LogP contribution >= 0.6 is 11.8 Å². The maximum absolute atomic E-state index is 12.8. The zero-order valence-electron chi connectivity index (χ0n) is 16.9. The number of carboxylic acids is 1. The SMILES string of the molecule is O=C(O)CN(C(=O)CCSC(=O)c1ccccc1)[C@H]1CC[C@H](c2ccccc2)CC1. The first kappa shape index (κ1) is 22.1. The molecule has 0 atom stereocenters. The fourth-order valence-corrected chi connectivity index (χ4v) is 4.81. The van der Waals surface area contributed by atoms with Gasteiger partial charge in [-0.3, -0.25) is 14.4 Å². The molecule has 0 aromatic heterocycles. The highest BCUT2D eigenvalue weighted by atomic mass is 32.2. The van der Waals surface area contributed by atoms with Crippen molar-refractivity contribution in [3.05, 3.63) is 71.8 Å². The molecule has 0 spiro atoms. The predicted molar refractivity (Wildman–Crippen MR) is 119 cm³/mol. The van der Waals surface area contributed by atoms with Crippen LogP contribution < -0.4 is 0 Å². The molecular weight excluding hydrogens is 398 g/mol. The first-order valence-electron chi connectivity index (χ1n) is 10.3. The Labute approximate surface area is 181 Å². The zero-order chi connectivity index (χ0) is 21.3. The van der Waals surface area contributed by atoms with E-state index in [9.17, 15) is 19.5 Å². The van der Waals surface area contributed by atoms with Gasteiger partial charge in [-0.25, -0.2) is 0 Å². The molecule has 158 valence electrons. The van der Waals surface area contributed by atoms with E-state index in [4.69, 9.17) is 0 Å². The maximum atomic E-state index is 12.8. The number of carbonyl (C=O) groups is 3. The zero-order valence-corrected chi connectivity index (χ0v) is 17.7. The lowest BCUT2D eigenvalue weighted by Gasteiger charge is -2.36. The van der Waals surface area contributed by atoms with Crippen LogP contribution in [0.2, 0.25) is 0 Å². The Morgan fingerprint density at radius 2 is 1.50 bits per heavy atom. The molecule has 0 unspecified atom stereocenters. The predicted octanol–water partition coefficient (Wildman–Crippen LogP) is 4.59. The van der Waals surface area contributed by atoms with Crippen molar-refractivity contribution in [3.63, 3.8) is 0 Å².